The second-order valence-corrected chi connectivity index (χ2v) is 6.07. The Morgan fingerprint density at radius 3 is 3.00 bits per heavy atom. The minimum Gasteiger partial charge on any atom is -0.375 e. The van der Waals surface area contributed by atoms with Gasteiger partial charge in [0.2, 0.25) is 17.6 Å². The Balaban J connectivity index is 1.69. The number of hydrogen-bond donors (Lipinski definition) is 2. The Bertz CT molecular complexity index is 817. The zero-order valence-corrected chi connectivity index (χ0v) is 13.7. The molecule has 2 aromatic heterocycles. The Hall–Kier alpha value is -2.38. The lowest BCUT2D eigenvalue weighted by atomic mass is 10.2. The third-order valence-electron chi connectivity index (χ3n) is 2.93. The summed E-state index contributed by atoms with van der Waals surface area (Å²) in [6.07, 6.45) is 0. The van der Waals surface area contributed by atoms with E-state index in [0.29, 0.717) is 34.7 Å². The van der Waals surface area contributed by atoms with Gasteiger partial charge in [-0.1, -0.05) is 22.8 Å². The lowest BCUT2D eigenvalue weighted by Crippen LogP contribution is -2.07. The molecule has 0 radical (unpaired) electrons. The van der Waals surface area contributed by atoms with Crippen molar-refractivity contribution in [3.05, 3.63) is 46.6 Å². The number of hydrogen-bond acceptors (Lipinski definition) is 6. The van der Waals surface area contributed by atoms with Crippen LogP contribution in [0.1, 0.15) is 12.8 Å². The fourth-order valence-electron chi connectivity index (χ4n) is 1.95. The molecule has 0 saturated heterocycles. The molecule has 0 spiro atoms. The van der Waals surface area contributed by atoms with Crippen molar-refractivity contribution < 1.29 is 9.32 Å². The molecule has 0 saturated carbocycles. The van der Waals surface area contributed by atoms with E-state index in [-0.39, 0.29) is 5.91 Å². The molecule has 2 N–H and O–H groups in total. The van der Waals surface area contributed by atoms with Gasteiger partial charge >= 0.3 is 0 Å². The number of thiophene rings is 1. The number of anilines is 2. The lowest BCUT2D eigenvalue weighted by Gasteiger charge is -2.09. The molecular weight excluding hydrogens is 336 g/mol. The largest absolute Gasteiger partial charge is 0.375 e. The van der Waals surface area contributed by atoms with Crippen molar-refractivity contribution in [1.82, 2.24) is 10.1 Å². The van der Waals surface area contributed by atoms with Crippen LogP contribution < -0.4 is 10.6 Å². The van der Waals surface area contributed by atoms with Crippen LogP contribution in [0.4, 0.5) is 11.4 Å². The minimum atomic E-state index is -0.143. The molecule has 0 aliphatic heterocycles. The average molecular weight is 349 g/mol. The quantitative estimate of drug-likeness (QED) is 0.727. The molecule has 0 bridgehead atoms. The van der Waals surface area contributed by atoms with Crippen LogP contribution in [0.15, 0.2) is 40.2 Å². The van der Waals surface area contributed by atoms with Crippen molar-refractivity contribution in [2.45, 2.75) is 13.5 Å². The van der Waals surface area contributed by atoms with Gasteiger partial charge in [-0.2, -0.15) is 4.98 Å². The summed E-state index contributed by atoms with van der Waals surface area (Å²) in [5.41, 5.74) is 1.34. The first-order valence-electron chi connectivity index (χ1n) is 6.79. The number of benzene rings is 1. The van der Waals surface area contributed by atoms with Crippen LogP contribution in [-0.4, -0.2) is 16.0 Å². The normalized spacial score (nSPS) is 10.5. The summed E-state index contributed by atoms with van der Waals surface area (Å²) in [6.45, 7) is 1.79. The summed E-state index contributed by atoms with van der Waals surface area (Å²) < 4.78 is 5.22. The van der Waals surface area contributed by atoms with Gasteiger partial charge in [0.25, 0.3) is 0 Å². The zero-order chi connectivity index (χ0) is 16.2. The highest BCUT2D eigenvalue weighted by Gasteiger charge is 2.10. The molecule has 1 aromatic carbocycles. The van der Waals surface area contributed by atoms with Crippen molar-refractivity contribution in [2.75, 3.05) is 10.6 Å². The molecule has 8 heteroatoms. The highest BCUT2D eigenvalue weighted by Crippen LogP contribution is 2.26. The maximum atomic E-state index is 11.1. The van der Waals surface area contributed by atoms with Crippen LogP contribution >= 0.6 is 22.9 Å². The topological polar surface area (TPSA) is 80.0 Å². The van der Waals surface area contributed by atoms with E-state index in [1.54, 1.807) is 29.5 Å². The predicted octanol–water partition coefficient (Wildman–Crippen LogP) is 4.02. The predicted molar refractivity (Wildman–Crippen MR) is 90.7 cm³/mol. The molecule has 3 aromatic rings. The summed E-state index contributed by atoms with van der Waals surface area (Å²) in [5, 5.41) is 12.3. The van der Waals surface area contributed by atoms with Crippen molar-refractivity contribution in [3.63, 3.8) is 0 Å². The van der Waals surface area contributed by atoms with Crippen LogP contribution in [0.5, 0.6) is 0 Å². The van der Waals surface area contributed by atoms with E-state index in [1.807, 2.05) is 17.5 Å². The third-order valence-corrected chi connectivity index (χ3v) is 4.12. The standard InChI is InChI=1S/C15H13ClN4O2S/c1-9(21)18-10-4-5-11(16)12(7-10)17-8-14-19-15(20-22-14)13-3-2-6-23-13/h2-7,17H,8H2,1H3,(H,18,21). The van der Waals surface area contributed by atoms with Gasteiger partial charge in [0.1, 0.15) is 0 Å². The summed E-state index contributed by atoms with van der Waals surface area (Å²) in [5.74, 6) is 0.875. The summed E-state index contributed by atoms with van der Waals surface area (Å²) >= 11 is 7.69. The molecule has 0 fully saturated rings. The van der Waals surface area contributed by atoms with Gasteiger partial charge < -0.3 is 15.2 Å². The van der Waals surface area contributed by atoms with Crippen LogP contribution in [-0.2, 0) is 11.3 Å². The second-order valence-electron chi connectivity index (χ2n) is 4.72. The summed E-state index contributed by atoms with van der Waals surface area (Å²) in [6, 6.07) is 9.05. The SMILES string of the molecule is CC(=O)Nc1ccc(Cl)c(NCc2nc(-c3cccs3)no2)c1. The smallest absolute Gasteiger partial charge is 0.246 e. The highest BCUT2D eigenvalue weighted by molar-refractivity contribution is 7.13. The number of halogens is 1. The number of rotatable bonds is 5. The van der Waals surface area contributed by atoms with Gasteiger partial charge in [-0.3, -0.25) is 4.79 Å². The van der Waals surface area contributed by atoms with Crippen LogP contribution in [0, 0.1) is 0 Å². The fourth-order valence-corrected chi connectivity index (χ4v) is 2.78. The number of nitrogens with zero attached hydrogens (tertiary/aromatic N) is 2. The minimum absolute atomic E-state index is 0.143. The van der Waals surface area contributed by atoms with Gasteiger partial charge in [0.05, 0.1) is 22.1 Å². The molecule has 23 heavy (non-hydrogen) atoms. The maximum Gasteiger partial charge on any atom is 0.246 e. The molecule has 3 rings (SSSR count). The maximum absolute atomic E-state index is 11.1. The molecule has 0 aliphatic rings. The molecule has 0 aliphatic carbocycles. The molecule has 0 unspecified atom stereocenters. The first-order chi connectivity index (χ1) is 11.1. The van der Waals surface area contributed by atoms with E-state index in [1.165, 1.54) is 6.92 Å². The van der Waals surface area contributed by atoms with Crippen LogP contribution in [0.2, 0.25) is 5.02 Å². The van der Waals surface area contributed by atoms with E-state index in [4.69, 9.17) is 16.1 Å². The average Bonchev–Trinajstić information content (AvgIpc) is 3.17. The van der Waals surface area contributed by atoms with Gasteiger partial charge in [-0.05, 0) is 29.6 Å². The van der Waals surface area contributed by atoms with Gasteiger partial charge in [-0.25, -0.2) is 0 Å². The lowest BCUT2D eigenvalue weighted by molar-refractivity contribution is -0.114. The van der Waals surface area contributed by atoms with Crippen molar-refractivity contribution in [3.8, 4) is 10.7 Å². The van der Waals surface area contributed by atoms with E-state index < -0.39 is 0 Å². The van der Waals surface area contributed by atoms with E-state index >= 15 is 0 Å². The Labute approximate surface area is 141 Å². The second kappa shape index (κ2) is 6.80. The fraction of sp³-hybridized carbons (Fsp3) is 0.133. The van der Waals surface area contributed by atoms with Crippen LogP contribution in [0.3, 0.4) is 0 Å². The van der Waals surface area contributed by atoms with Crippen molar-refractivity contribution in [1.29, 1.82) is 0 Å². The molecule has 2 heterocycles. The van der Waals surface area contributed by atoms with Crippen molar-refractivity contribution >= 4 is 40.2 Å². The molecule has 1 amide bonds. The third kappa shape index (κ3) is 3.88. The van der Waals surface area contributed by atoms with Crippen LogP contribution in [0.25, 0.3) is 10.7 Å². The Morgan fingerprint density at radius 2 is 2.26 bits per heavy atom. The highest BCUT2D eigenvalue weighted by atomic mass is 35.5. The summed E-state index contributed by atoms with van der Waals surface area (Å²) in [7, 11) is 0. The molecule has 0 atom stereocenters. The summed E-state index contributed by atoms with van der Waals surface area (Å²) in [4.78, 5) is 16.4. The van der Waals surface area contributed by atoms with E-state index in [0.717, 1.165) is 4.88 Å². The zero-order valence-electron chi connectivity index (χ0n) is 12.2. The molecule has 6 nitrogen and oxygen atoms in total. The first-order valence-corrected chi connectivity index (χ1v) is 8.05. The van der Waals surface area contributed by atoms with Gasteiger partial charge in [0, 0.05) is 12.6 Å². The number of carbonyl (C=O) groups excluding carboxylic acids is 1. The monoisotopic (exact) mass is 348 g/mol. The van der Waals surface area contributed by atoms with Crippen molar-refractivity contribution in [2.24, 2.45) is 0 Å². The van der Waals surface area contributed by atoms with E-state index in [2.05, 4.69) is 20.8 Å². The van der Waals surface area contributed by atoms with Gasteiger partial charge in [-0.15, -0.1) is 11.3 Å². The first kappa shape index (κ1) is 15.5. The number of nitrogens with one attached hydrogen (secondary N) is 2. The number of aromatic nitrogens is 2. The number of carbonyl (C=O) groups is 1. The molecule has 118 valence electrons. The Kier molecular flexibility index (Phi) is 4.59. The Morgan fingerprint density at radius 1 is 1.39 bits per heavy atom. The van der Waals surface area contributed by atoms with Gasteiger partial charge in [0.15, 0.2) is 0 Å². The molecular formula is C15H13ClN4O2S. The number of amides is 1. The van der Waals surface area contributed by atoms with E-state index in [9.17, 15) is 4.79 Å².